The molecule has 0 aliphatic rings. The number of anilines is 1. The molecular formula is C25H23N3O3S. The minimum Gasteiger partial charge on any atom is -0.322 e. The molecule has 0 radical (unpaired) electrons. The Morgan fingerprint density at radius 1 is 1.00 bits per heavy atom. The van der Waals surface area contributed by atoms with E-state index in [2.05, 4.69) is 15.3 Å². The molecule has 162 valence electrons. The Morgan fingerprint density at radius 2 is 1.78 bits per heavy atom. The number of hydrogen-bond acceptors (Lipinski definition) is 5. The van der Waals surface area contributed by atoms with E-state index in [0.29, 0.717) is 17.7 Å². The summed E-state index contributed by atoms with van der Waals surface area (Å²) in [5.41, 5.74) is 4.58. The monoisotopic (exact) mass is 445 g/mol. The molecule has 2 heterocycles. The van der Waals surface area contributed by atoms with Gasteiger partial charge in [-0.05, 0) is 66.9 Å². The summed E-state index contributed by atoms with van der Waals surface area (Å²) in [6.45, 7) is 1.71. The standard InChI is InChI=1S/C25H23N3O3S/c1-17(32(2,30)31)13-18-14-20-7-4-10-27-24(20)23(15-18)19-5-3-6-21(16-19)25(29)28-22-8-11-26-12-9-22/h3-12,14-17H,13H2,1-2H3,(H,26,28,29). The zero-order chi connectivity index (χ0) is 22.7. The van der Waals surface area contributed by atoms with Gasteiger partial charge in [-0.2, -0.15) is 0 Å². The fourth-order valence-corrected chi connectivity index (χ4v) is 4.04. The minimum atomic E-state index is -3.15. The van der Waals surface area contributed by atoms with Crippen LogP contribution in [0.2, 0.25) is 0 Å². The maximum absolute atomic E-state index is 12.8. The van der Waals surface area contributed by atoms with Crippen LogP contribution >= 0.6 is 0 Å². The first kappa shape index (κ1) is 21.6. The molecule has 0 fully saturated rings. The largest absolute Gasteiger partial charge is 0.322 e. The molecule has 2 aromatic heterocycles. The zero-order valence-corrected chi connectivity index (χ0v) is 18.6. The van der Waals surface area contributed by atoms with Gasteiger partial charge in [-0.15, -0.1) is 0 Å². The Morgan fingerprint density at radius 3 is 2.53 bits per heavy atom. The third-order valence-corrected chi connectivity index (χ3v) is 7.02. The second-order valence-electron chi connectivity index (χ2n) is 7.83. The van der Waals surface area contributed by atoms with Crippen molar-refractivity contribution in [3.63, 3.8) is 0 Å². The Kier molecular flexibility index (Phi) is 6.01. The number of sulfone groups is 1. The first-order valence-corrected chi connectivity index (χ1v) is 12.1. The van der Waals surface area contributed by atoms with E-state index in [1.54, 1.807) is 43.7 Å². The van der Waals surface area contributed by atoms with E-state index < -0.39 is 15.1 Å². The number of benzene rings is 2. The van der Waals surface area contributed by atoms with Crippen LogP contribution in [0.25, 0.3) is 22.0 Å². The van der Waals surface area contributed by atoms with E-state index in [4.69, 9.17) is 0 Å². The summed E-state index contributed by atoms with van der Waals surface area (Å²) in [5.74, 6) is -0.225. The van der Waals surface area contributed by atoms with Crippen LogP contribution in [0.15, 0.2) is 79.3 Å². The smallest absolute Gasteiger partial charge is 0.255 e. The molecule has 0 aliphatic heterocycles. The van der Waals surface area contributed by atoms with Crippen molar-refractivity contribution in [1.29, 1.82) is 0 Å². The van der Waals surface area contributed by atoms with Gasteiger partial charge in [0.25, 0.3) is 5.91 Å². The molecular weight excluding hydrogens is 422 g/mol. The van der Waals surface area contributed by atoms with Gasteiger partial charge in [0.2, 0.25) is 0 Å². The Bertz CT molecular complexity index is 1390. The first-order chi connectivity index (χ1) is 15.3. The molecule has 1 N–H and O–H groups in total. The van der Waals surface area contributed by atoms with E-state index in [9.17, 15) is 13.2 Å². The van der Waals surface area contributed by atoms with Gasteiger partial charge in [0, 0.05) is 47.0 Å². The summed E-state index contributed by atoms with van der Waals surface area (Å²) >= 11 is 0. The zero-order valence-electron chi connectivity index (χ0n) is 17.8. The number of fused-ring (bicyclic) bond motifs is 1. The van der Waals surface area contributed by atoms with Crippen LogP contribution in [-0.4, -0.2) is 35.8 Å². The van der Waals surface area contributed by atoms with Crippen molar-refractivity contribution in [3.8, 4) is 11.1 Å². The third-order valence-electron chi connectivity index (χ3n) is 5.39. The molecule has 2 aromatic carbocycles. The number of rotatable bonds is 6. The van der Waals surface area contributed by atoms with E-state index in [1.165, 1.54) is 6.26 Å². The van der Waals surface area contributed by atoms with Gasteiger partial charge in [-0.1, -0.05) is 18.2 Å². The summed E-state index contributed by atoms with van der Waals surface area (Å²) in [6, 6.07) is 18.6. The van der Waals surface area contributed by atoms with Gasteiger partial charge in [0.05, 0.1) is 10.8 Å². The molecule has 0 saturated heterocycles. The SMILES string of the molecule is CC(Cc1cc(-c2cccc(C(=O)Nc3ccncc3)c2)c2ncccc2c1)S(C)(=O)=O. The summed E-state index contributed by atoms with van der Waals surface area (Å²) in [4.78, 5) is 21.3. The van der Waals surface area contributed by atoms with Gasteiger partial charge < -0.3 is 5.32 Å². The lowest BCUT2D eigenvalue weighted by atomic mass is 9.96. The highest BCUT2D eigenvalue weighted by atomic mass is 32.2. The first-order valence-electron chi connectivity index (χ1n) is 10.2. The molecule has 0 saturated carbocycles. The molecule has 1 amide bonds. The van der Waals surface area contributed by atoms with Gasteiger partial charge >= 0.3 is 0 Å². The Balaban J connectivity index is 1.74. The highest BCUT2D eigenvalue weighted by Gasteiger charge is 2.17. The highest BCUT2D eigenvalue weighted by molar-refractivity contribution is 7.91. The molecule has 1 atom stereocenters. The molecule has 1 unspecified atom stereocenters. The van der Waals surface area contributed by atoms with Gasteiger partial charge in [-0.25, -0.2) is 8.42 Å². The van der Waals surface area contributed by atoms with Crippen LogP contribution in [0.3, 0.4) is 0 Å². The van der Waals surface area contributed by atoms with Gasteiger partial charge in [0.15, 0.2) is 0 Å². The van der Waals surface area contributed by atoms with Gasteiger partial charge in [-0.3, -0.25) is 14.8 Å². The third kappa shape index (κ3) is 4.84. The van der Waals surface area contributed by atoms with Crippen LogP contribution in [0.5, 0.6) is 0 Å². The van der Waals surface area contributed by atoms with Crippen molar-refractivity contribution in [2.45, 2.75) is 18.6 Å². The number of amides is 1. The molecule has 6 nitrogen and oxygen atoms in total. The molecule has 0 bridgehead atoms. The van der Waals surface area contributed by atoms with Crippen LogP contribution < -0.4 is 5.32 Å². The quantitative estimate of drug-likeness (QED) is 0.471. The number of aromatic nitrogens is 2. The van der Waals surface area contributed by atoms with Crippen molar-refractivity contribution in [2.24, 2.45) is 0 Å². The van der Waals surface area contributed by atoms with Crippen molar-refractivity contribution in [2.75, 3.05) is 11.6 Å². The number of nitrogens with one attached hydrogen (secondary N) is 1. The van der Waals surface area contributed by atoms with Crippen molar-refractivity contribution in [1.82, 2.24) is 9.97 Å². The summed E-state index contributed by atoms with van der Waals surface area (Å²) < 4.78 is 23.9. The fourth-order valence-electron chi connectivity index (χ4n) is 3.54. The van der Waals surface area contributed by atoms with Crippen molar-refractivity contribution < 1.29 is 13.2 Å². The van der Waals surface area contributed by atoms with Crippen molar-refractivity contribution in [3.05, 3.63) is 90.4 Å². The topological polar surface area (TPSA) is 89.0 Å². The predicted octanol–water partition coefficient (Wildman–Crippen LogP) is 4.52. The van der Waals surface area contributed by atoms with E-state index in [-0.39, 0.29) is 5.91 Å². The second kappa shape index (κ2) is 8.88. The molecule has 4 rings (SSSR count). The van der Waals surface area contributed by atoms with Crippen molar-refractivity contribution >= 4 is 32.3 Å². The summed E-state index contributed by atoms with van der Waals surface area (Å²) in [6.07, 6.45) is 6.62. The predicted molar refractivity (Wildman–Crippen MR) is 127 cm³/mol. The minimum absolute atomic E-state index is 0.225. The number of hydrogen-bond donors (Lipinski definition) is 1. The van der Waals surface area contributed by atoms with Crippen LogP contribution in [-0.2, 0) is 16.3 Å². The maximum atomic E-state index is 12.8. The lowest BCUT2D eigenvalue weighted by molar-refractivity contribution is 0.102. The van der Waals surface area contributed by atoms with E-state index >= 15 is 0 Å². The number of carbonyl (C=O) groups excluding carboxylic acids is 1. The maximum Gasteiger partial charge on any atom is 0.255 e. The van der Waals surface area contributed by atoms with Crippen LogP contribution in [0.1, 0.15) is 22.8 Å². The summed E-state index contributed by atoms with van der Waals surface area (Å²) in [5, 5.41) is 3.29. The van der Waals surface area contributed by atoms with Gasteiger partial charge in [0.1, 0.15) is 9.84 Å². The Labute approximate surface area is 187 Å². The number of pyridine rings is 2. The number of carbonyl (C=O) groups is 1. The molecule has 7 heteroatoms. The molecule has 32 heavy (non-hydrogen) atoms. The number of nitrogens with zero attached hydrogens (tertiary/aromatic N) is 2. The fraction of sp³-hybridized carbons (Fsp3) is 0.160. The molecule has 0 aliphatic carbocycles. The van der Waals surface area contributed by atoms with E-state index in [1.807, 2.05) is 42.5 Å². The summed E-state index contributed by atoms with van der Waals surface area (Å²) in [7, 11) is -3.15. The Hall–Kier alpha value is -3.58. The lowest BCUT2D eigenvalue weighted by Crippen LogP contribution is -2.18. The average molecular weight is 446 g/mol. The average Bonchev–Trinajstić information content (AvgIpc) is 2.78. The van der Waals surface area contributed by atoms with E-state index in [0.717, 1.165) is 27.6 Å². The van der Waals surface area contributed by atoms with Crippen LogP contribution in [0.4, 0.5) is 5.69 Å². The molecule has 0 spiro atoms. The lowest BCUT2D eigenvalue weighted by Gasteiger charge is -2.14. The second-order valence-corrected chi connectivity index (χ2v) is 10.3. The highest BCUT2D eigenvalue weighted by Crippen LogP contribution is 2.30. The normalized spacial score (nSPS) is 12.4. The van der Waals surface area contributed by atoms with Crippen LogP contribution in [0, 0.1) is 0 Å². The molecule has 4 aromatic rings.